The molecule has 0 unspecified atom stereocenters. The van der Waals surface area contributed by atoms with Gasteiger partial charge in [-0.1, -0.05) is 23.8 Å². The van der Waals surface area contributed by atoms with E-state index < -0.39 is 0 Å². The van der Waals surface area contributed by atoms with Crippen LogP contribution in [0, 0.1) is 6.92 Å². The Bertz CT molecular complexity index is 506. The summed E-state index contributed by atoms with van der Waals surface area (Å²) in [7, 11) is 0. The lowest BCUT2D eigenvalue weighted by Gasteiger charge is -2.20. The first-order valence-corrected chi connectivity index (χ1v) is 5.47. The third kappa shape index (κ3) is 2.50. The second-order valence-corrected chi connectivity index (χ2v) is 3.88. The van der Waals surface area contributed by atoms with Crippen molar-refractivity contribution in [3.63, 3.8) is 0 Å². The molecule has 3 nitrogen and oxygen atoms in total. The van der Waals surface area contributed by atoms with Crippen molar-refractivity contribution in [2.24, 2.45) is 0 Å². The Morgan fingerprint density at radius 2 is 1.82 bits per heavy atom. The predicted molar refractivity (Wildman–Crippen MR) is 68.2 cm³/mol. The summed E-state index contributed by atoms with van der Waals surface area (Å²) < 4.78 is 0. The Kier molecular flexibility index (Phi) is 3.19. The molecular formula is C14H14N2O. The van der Waals surface area contributed by atoms with Crippen molar-refractivity contribution in [1.82, 2.24) is 4.98 Å². The second-order valence-electron chi connectivity index (χ2n) is 3.88. The highest BCUT2D eigenvalue weighted by molar-refractivity contribution is 5.97. The Hall–Kier alpha value is -2.16. The lowest BCUT2D eigenvalue weighted by molar-refractivity contribution is -0.115. The maximum atomic E-state index is 11.7. The maximum Gasteiger partial charge on any atom is 0.229 e. The highest BCUT2D eigenvalue weighted by Gasteiger charge is 2.14. The predicted octanol–water partition coefficient (Wildman–Crippen LogP) is 3.07. The molecule has 0 aliphatic carbocycles. The summed E-state index contributed by atoms with van der Waals surface area (Å²) in [5, 5.41) is 0. The van der Waals surface area contributed by atoms with E-state index >= 15 is 0 Å². The summed E-state index contributed by atoms with van der Waals surface area (Å²) >= 11 is 0. The van der Waals surface area contributed by atoms with Gasteiger partial charge in [-0.3, -0.25) is 9.69 Å². The fourth-order valence-corrected chi connectivity index (χ4v) is 1.66. The van der Waals surface area contributed by atoms with E-state index in [4.69, 9.17) is 0 Å². The van der Waals surface area contributed by atoms with Crippen molar-refractivity contribution in [3.05, 3.63) is 54.2 Å². The standard InChI is InChI=1S/C14H14N2O/c1-11-6-8-13(9-7-11)16(12(2)17)14-5-3-4-10-15-14/h3-10H,1-2H3. The normalized spacial score (nSPS) is 10.0. The maximum absolute atomic E-state index is 11.7. The van der Waals surface area contributed by atoms with E-state index in [-0.39, 0.29) is 5.91 Å². The summed E-state index contributed by atoms with van der Waals surface area (Å²) in [6.07, 6.45) is 1.68. The Morgan fingerprint density at radius 1 is 1.12 bits per heavy atom. The van der Waals surface area contributed by atoms with Gasteiger partial charge in [-0.05, 0) is 31.2 Å². The quantitative estimate of drug-likeness (QED) is 0.788. The molecule has 2 aromatic rings. The molecule has 0 aliphatic rings. The van der Waals surface area contributed by atoms with Crippen molar-refractivity contribution in [2.45, 2.75) is 13.8 Å². The molecule has 0 saturated heterocycles. The van der Waals surface area contributed by atoms with Crippen LogP contribution in [0.25, 0.3) is 0 Å². The minimum atomic E-state index is -0.0486. The molecule has 1 heterocycles. The highest BCUT2D eigenvalue weighted by Crippen LogP contribution is 2.23. The van der Waals surface area contributed by atoms with Crippen molar-refractivity contribution in [2.75, 3.05) is 4.90 Å². The molecule has 0 bridgehead atoms. The number of carbonyl (C=O) groups excluding carboxylic acids is 1. The number of hydrogen-bond donors (Lipinski definition) is 0. The zero-order valence-corrected chi connectivity index (χ0v) is 9.92. The number of pyridine rings is 1. The Balaban J connectivity index is 2.43. The van der Waals surface area contributed by atoms with Crippen LogP contribution in [-0.4, -0.2) is 10.9 Å². The van der Waals surface area contributed by atoms with E-state index in [1.54, 1.807) is 11.1 Å². The molecule has 0 radical (unpaired) electrons. The van der Waals surface area contributed by atoms with Crippen molar-refractivity contribution >= 4 is 17.4 Å². The van der Waals surface area contributed by atoms with Gasteiger partial charge in [0.05, 0.1) is 5.69 Å². The molecular weight excluding hydrogens is 212 g/mol. The molecule has 0 spiro atoms. The van der Waals surface area contributed by atoms with Crippen LogP contribution >= 0.6 is 0 Å². The van der Waals surface area contributed by atoms with Gasteiger partial charge in [0.1, 0.15) is 5.82 Å². The largest absolute Gasteiger partial charge is 0.274 e. The van der Waals surface area contributed by atoms with Gasteiger partial charge < -0.3 is 0 Å². The smallest absolute Gasteiger partial charge is 0.229 e. The third-order valence-electron chi connectivity index (χ3n) is 2.49. The first kappa shape index (κ1) is 11.3. The lowest BCUT2D eigenvalue weighted by Crippen LogP contribution is -2.23. The van der Waals surface area contributed by atoms with Crippen molar-refractivity contribution in [1.29, 1.82) is 0 Å². The van der Waals surface area contributed by atoms with Crippen LogP contribution in [0.15, 0.2) is 48.7 Å². The molecule has 3 heteroatoms. The second kappa shape index (κ2) is 4.78. The molecule has 2 rings (SSSR count). The molecule has 0 saturated carbocycles. The fourth-order valence-electron chi connectivity index (χ4n) is 1.66. The number of benzene rings is 1. The van der Waals surface area contributed by atoms with Crippen LogP contribution in [0.4, 0.5) is 11.5 Å². The molecule has 0 fully saturated rings. The van der Waals surface area contributed by atoms with Crippen LogP contribution < -0.4 is 4.90 Å². The number of rotatable bonds is 2. The Morgan fingerprint density at radius 3 is 2.35 bits per heavy atom. The summed E-state index contributed by atoms with van der Waals surface area (Å²) in [6.45, 7) is 3.55. The number of aryl methyl sites for hydroxylation is 1. The van der Waals surface area contributed by atoms with E-state index in [0.29, 0.717) is 5.82 Å². The molecule has 0 atom stereocenters. The number of anilines is 2. The first-order chi connectivity index (χ1) is 8.18. The van der Waals surface area contributed by atoms with Crippen LogP contribution in [0.2, 0.25) is 0 Å². The van der Waals surface area contributed by atoms with Gasteiger partial charge in [0, 0.05) is 13.1 Å². The minimum absolute atomic E-state index is 0.0486. The number of amides is 1. The van der Waals surface area contributed by atoms with E-state index in [1.165, 1.54) is 12.5 Å². The molecule has 86 valence electrons. The topological polar surface area (TPSA) is 33.2 Å². The first-order valence-electron chi connectivity index (χ1n) is 5.47. The number of carbonyl (C=O) groups is 1. The van der Waals surface area contributed by atoms with Gasteiger partial charge >= 0.3 is 0 Å². The number of nitrogens with zero attached hydrogens (tertiary/aromatic N) is 2. The van der Waals surface area contributed by atoms with Crippen LogP contribution in [-0.2, 0) is 4.79 Å². The summed E-state index contributed by atoms with van der Waals surface area (Å²) in [5.41, 5.74) is 2.00. The monoisotopic (exact) mass is 226 g/mol. The van der Waals surface area contributed by atoms with Gasteiger partial charge in [-0.2, -0.15) is 0 Å². The minimum Gasteiger partial charge on any atom is -0.274 e. The van der Waals surface area contributed by atoms with Crippen molar-refractivity contribution < 1.29 is 4.79 Å². The van der Waals surface area contributed by atoms with Gasteiger partial charge in [0.15, 0.2) is 0 Å². The van der Waals surface area contributed by atoms with Gasteiger partial charge in [0.25, 0.3) is 0 Å². The Labute approximate surface area is 101 Å². The summed E-state index contributed by atoms with van der Waals surface area (Å²) in [6, 6.07) is 13.3. The van der Waals surface area contributed by atoms with Gasteiger partial charge in [0.2, 0.25) is 5.91 Å². The van der Waals surface area contributed by atoms with E-state index in [0.717, 1.165) is 5.69 Å². The average Bonchev–Trinajstić information content (AvgIpc) is 2.33. The van der Waals surface area contributed by atoms with Gasteiger partial charge in [-0.15, -0.1) is 0 Å². The molecule has 17 heavy (non-hydrogen) atoms. The molecule has 1 aromatic heterocycles. The third-order valence-corrected chi connectivity index (χ3v) is 2.49. The molecule has 0 aliphatic heterocycles. The van der Waals surface area contributed by atoms with E-state index in [1.807, 2.05) is 49.4 Å². The molecule has 1 amide bonds. The average molecular weight is 226 g/mol. The van der Waals surface area contributed by atoms with Crippen LogP contribution in [0.3, 0.4) is 0 Å². The summed E-state index contributed by atoms with van der Waals surface area (Å²) in [4.78, 5) is 17.5. The summed E-state index contributed by atoms with van der Waals surface area (Å²) in [5.74, 6) is 0.594. The highest BCUT2D eigenvalue weighted by atomic mass is 16.2. The number of hydrogen-bond acceptors (Lipinski definition) is 2. The van der Waals surface area contributed by atoms with E-state index in [9.17, 15) is 4.79 Å². The zero-order chi connectivity index (χ0) is 12.3. The van der Waals surface area contributed by atoms with Crippen LogP contribution in [0.1, 0.15) is 12.5 Å². The lowest BCUT2D eigenvalue weighted by atomic mass is 10.2. The van der Waals surface area contributed by atoms with Crippen molar-refractivity contribution in [3.8, 4) is 0 Å². The fraction of sp³-hybridized carbons (Fsp3) is 0.143. The van der Waals surface area contributed by atoms with E-state index in [2.05, 4.69) is 4.98 Å². The number of aromatic nitrogens is 1. The molecule has 1 aromatic carbocycles. The molecule has 0 N–H and O–H groups in total. The zero-order valence-electron chi connectivity index (χ0n) is 9.92. The SMILES string of the molecule is CC(=O)N(c1ccc(C)cc1)c1ccccn1. The van der Waals surface area contributed by atoms with Crippen LogP contribution in [0.5, 0.6) is 0 Å². The van der Waals surface area contributed by atoms with Gasteiger partial charge in [-0.25, -0.2) is 4.98 Å².